The number of thioether (sulfide) groups is 1. The summed E-state index contributed by atoms with van der Waals surface area (Å²) in [6, 6.07) is -0.00200. The van der Waals surface area contributed by atoms with E-state index in [1.54, 1.807) is 10.3 Å². The van der Waals surface area contributed by atoms with Crippen LogP contribution in [0.25, 0.3) is 10.9 Å². The summed E-state index contributed by atoms with van der Waals surface area (Å²) in [5.74, 6) is -4.98. The summed E-state index contributed by atoms with van der Waals surface area (Å²) < 4.78 is 33.0. The third-order valence-corrected chi connectivity index (χ3v) is 11.8. The number of carboxylic acid groups (broad SMARTS) is 2. The molecule has 3 aromatic rings. The van der Waals surface area contributed by atoms with Crippen molar-refractivity contribution < 1.29 is 67.8 Å². The van der Waals surface area contributed by atoms with E-state index in [1.165, 1.54) is 28.3 Å². The number of nitrogen functional groups attached to an aromatic ring is 1. The van der Waals surface area contributed by atoms with Gasteiger partial charge in [0.25, 0.3) is 5.91 Å². The van der Waals surface area contributed by atoms with E-state index in [0.717, 1.165) is 23.6 Å². The molecule has 16 nitrogen and oxygen atoms in total. The van der Waals surface area contributed by atoms with Gasteiger partial charge in [-0.3, -0.25) is 9.59 Å². The van der Waals surface area contributed by atoms with Gasteiger partial charge in [-0.15, -0.1) is 23.1 Å². The van der Waals surface area contributed by atoms with Crippen LogP contribution >= 0.6 is 35.3 Å². The summed E-state index contributed by atoms with van der Waals surface area (Å²) in [7, 11) is 1.30. The summed E-state index contributed by atoms with van der Waals surface area (Å²) >= 11 is 8.07. The number of carbonyl (C=O) groups is 3. The number of carboxylic acids is 2. The second-order valence-electron chi connectivity index (χ2n) is 12.9. The van der Waals surface area contributed by atoms with E-state index in [4.69, 9.17) is 22.8 Å². The largest absolute Gasteiger partial charge is 1.00 e. The van der Waals surface area contributed by atoms with E-state index >= 15 is 8.78 Å². The van der Waals surface area contributed by atoms with Gasteiger partial charge in [-0.25, -0.2) is 18.6 Å². The number of hydrogen-bond donors (Lipinski definition) is 5. The van der Waals surface area contributed by atoms with Crippen molar-refractivity contribution >= 4 is 85.7 Å². The van der Waals surface area contributed by atoms with E-state index < -0.39 is 46.5 Å². The number of rotatable bonds is 11. The number of benzene rings is 1. The molecule has 54 heavy (non-hydrogen) atoms. The Kier molecular flexibility index (Phi) is 11.7. The molecule has 2 aromatic heterocycles. The van der Waals surface area contributed by atoms with Crippen LogP contribution in [0.1, 0.15) is 41.4 Å². The number of nitrogens with two attached hydrogens (primary N) is 1. The molecule has 4 aliphatic rings. The molecule has 1 amide bonds. The van der Waals surface area contributed by atoms with Crippen LogP contribution in [0.5, 0.6) is 0 Å². The maximum absolute atomic E-state index is 16.1. The molecule has 0 bridgehead atoms. The zero-order valence-electron chi connectivity index (χ0n) is 28.9. The number of aromatic nitrogens is 2. The van der Waals surface area contributed by atoms with Gasteiger partial charge in [0.15, 0.2) is 21.8 Å². The standard InChI is InChI=1S/C32H33F2N9O7S3.Na/c1-50-40-22(20-12-53-31(35)39-20)27(45)38-19-10-43-23(30(48)49)13(11-52-28(19)43)7-36-32(51)37-14-4-5-41(8-14)25-18(33)6-16-24(21(25)34)42(15-2-3-15)9-17(26(16)44)29(46)47;/h6,9,12,14-15,19,28H,2-5,7-8,10-11H2,1H3,(H2,35,39)(H,38,45)(H,46,47)(H,48,49)(H2,36,37,51);/q;+1/p-1. The van der Waals surface area contributed by atoms with Gasteiger partial charge in [-0.2, -0.15) is 0 Å². The average Bonchev–Trinajstić information content (AvgIpc) is 3.70. The molecule has 3 unspecified atom stereocenters. The van der Waals surface area contributed by atoms with E-state index in [2.05, 4.69) is 26.1 Å². The Morgan fingerprint density at radius 2 is 1.98 bits per heavy atom. The zero-order valence-corrected chi connectivity index (χ0v) is 33.3. The number of anilines is 2. The predicted octanol–water partition coefficient (Wildman–Crippen LogP) is -2.67. The Morgan fingerprint density at radius 3 is 2.63 bits per heavy atom. The number of oxime groups is 1. The van der Waals surface area contributed by atoms with Gasteiger partial charge in [0.1, 0.15) is 29.9 Å². The molecular weight excluding hydrogens is 780 g/mol. The quantitative estimate of drug-likeness (QED) is 0.0577. The van der Waals surface area contributed by atoms with Gasteiger partial charge in [0.05, 0.1) is 34.0 Å². The number of halogens is 2. The number of fused-ring (bicyclic) bond motifs is 2. The van der Waals surface area contributed by atoms with Crippen molar-refractivity contribution in [2.24, 2.45) is 5.16 Å². The number of aromatic carboxylic acids is 1. The Morgan fingerprint density at radius 1 is 1.22 bits per heavy atom. The van der Waals surface area contributed by atoms with Gasteiger partial charge in [0, 0.05) is 55.6 Å². The van der Waals surface area contributed by atoms with E-state index in [1.807, 2.05) is 0 Å². The summed E-state index contributed by atoms with van der Waals surface area (Å²) in [4.78, 5) is 61.9. The van der Waals surface area contributed by atoms with Crippen molar-refractivity contribution in [2.45, 2.75) is 42.8 Å². The van der Waals surface area contributed by atoms with Crippen molar-refractivity contribution in [2.75, 3.05) is 49.7 Å². The minimum Gasteiger partial charge on any atom is -0.543 e. The fraction of sp³-hybridized carbons (Fsp3) is 0.406. The third-order valence-electron chi connectivity index (χ3n) is 9.42. The molecule has 0 spiro atoms. The van der Waals surface area contributed by atoms with Crippen LogP contribution in [0.4, 0.5) is 19.6 Å². The summed E-state index contributed by atoms with van der Waals surface area (Å²) in [6.07, 6.45) is 2.95. The number of hydrogen-bond acceptors (Lipinski definition) is 14. The molecule has 2 saturated heterocycles. The molecule has 280 valence electrons. The fourth-order valence-corrected chi connectivity index (χ4v) is 8.98. The Hall–Kier alpha value is -4.02. The molecule has 5 heterocycles. The molecule has 22 heteroatoms. The third kappa shape index (κ3) is 7.61. The first-order valence-corrected chi connectivity index (χ1v) is 18.7. The first kappa shape index (κ1) is 39.7. The van der Waals surface area contributed by atoms with Crippen molar-refractivity contribution in [3.05, 3.63) is 62.0 Å². The van der Waals surface area contributed by atoms with E-state index in [0.29, 0.717) is 30.6 Å². The predicted molar refractivity (Wildman–Crippen MR) is 195 cm³/mol. The van der Waals surface area contributed by atoms with E-state index in [-0.39, 0.29) is 117 Å². The molecule has 1 aromatic carbocycles. The zero-order chi connectivity index (χ0) is 37.7. The van der Waals surface area contributed by atoms with Crippen molar-refractivity contribution in [1.29, 1.82) is 0 Å². The molecule has 3 atom stereocenters. The molecule has 1 saturated carbocycles. The summed E-state index contributed by atoms with van der Waals surface area (Å²) in [5, 5.41) is 35.9. The van der Waals surface area contributed by atoms with Gasteiger partial charge in [-0.05, 0) is 43.1 Å². The minimum atomic E-state index is -1.47. The maximum atomic E-state index is 16.1. The topological polar surface area (TPSA) is 220 Å². The van der Waals surface area contributed by atoms with Crippen LogP contribution in [0.3, 0.4) is 0 Å². The van der Waals surface area contributed by atoms with Crippen LogP contribution in [-0.4, -0.2) is 105 Å². The average molecular weight is 812 g/mol. The Balaban J connectivity index is 0.00000497. The first-order valence-electron chi connectivity index (χ1n) is 16.4. The molecule has 7 rings (SSSR count). The van der Waals surface area contributed by atoms with Crippen LogP contribution in [0, 0.1) is 11.6 Å². The minimum absolute atomic E-state index is 0. The number of carbonyl (C=O) groups excluding carboxylic acids is 2. The summed E-state index contributed by atoms with van der Waals surface area (Å²) in [6.45, 7) is 0.720. The van der Waals surface area contributed by atoms with Gasteiger partial charge < -0.3 is 55.9 Å². The van der Waals surface area contributed by atoms with Gasteiger partial charge in [-0.1, -0.05) is 5.16 Å². The normalized spacial score (nSPS) is 20.9. The maximum Gasteiger partial charge on any atom is 1.00 e. The van der Waals surface area contributed by atoms with E-state index in [9.17, 15) is 29.4 Å². The van der Waals surface area contributed by atoms with Gasteiger partial charge >= 0.3 is 35.5 Å². The fourth-order valence-electron chi connectivity index (χ4n) is 6.83. The Bertz CT molecular complexity index is 2180. The van der Waals surface area contributed by atoms with Crippen LogP contribution in [0.2, 0.25) is 0 Å². The van der Waals surface area contributed by atoms with Crippen molar-refractivity contribution in [3.8, 4) is 0 Å². The second-order valence-corrected chi connectivity index (χ2v) is 15.3. The smallest absolute Gasteiger partial charge is 0.543 e. The van der Waals surface area contributed by atoms with Crippen LogP contribution < -0.4 is 66.7 Å². The van der Waals surface area contributed by atoms with Crippen LogP contribution in [0.15, 0.2) is 38.9 Å². The number of aliphatic carboxylic acids is 1. The number of nitrogens with one attached hydrogen (secondary N) is 3. The Labute approximate surface area is 341 Å². The summed E-state index contributed by atoms with van der Waals surface area (Å²) in [5.41, 5.74) is 4.49. The first-order chi connectivity index (χ1) is 25.4. The molecule has 1 aliphatic carbocycles. The molecule has 6 N–H and O–H groups in total. The molecule has 3 fully saturated rings. The number of pyridine rings is 1. The molecule has 0 radical (unpaired) electrons. The number of thiazole rings is 1. The van der Waals surface area contributed by atoms with Gasteiger partial charge in [0.2, 0.25) is 5.43 Å². The van der Waals surface area contributed by atoms with Crippen molar-refractivity contribution in [1.82, 2.24) is 30.4 Å². The second kappa shape index (κ2) is 16.0. The SMILES string of the molecule is CON=C(C(=O)NC1CN2C(C(=O)[O-])=C(CNC(=S)NC3CCN(c4c(F)cc5c(=O)c(C(=O)O)cn(C6CC6)c5c4F)C3)CSC12)c1csc(N)n1.[Na+]. The van der Waals surface area contributed by atoms with Crippen LogP contribution in [-0.2, 0) is 14.4 Å². The number of amides is 1. The number of nitrogens with zero attached hydrogens (tertiary/aromatic N) is 5. The molecular formula is C32H32F2N9NaO7S3. The monoisotopic (exact) mass is 811 g/mol. The van der Waals surface area contributed by atoms with Crippen molar-refractivity contribution in [3.63, 3.8) is 0 Å². The number of thiocarbonyl (C=S) groups is 1. The molecule has 3 aliphatic heterocycles.